The Morgan fingerprint density at radius 3 is 2.39 bits per heavy atom. The topological polar surface area (TPSA) is 115 Å². The molecule has 0 saturated carbocycles. The first-order chi connectivity index (χ1) is 13.2. The lowest BCUT2D eigenvalue weighted by Crippen LogP contribution is -2.37. The summed E-state index contributed by atoms with van der Waals surface area (Å²) >= 11 is 0. The number of fused-ring (bicyclic) bond motifs is 1. The fourth-order valence-electron chi connectivity index (χ4n) is 2.80. The molecular formula is C19H19N5O4. The monoisotopic (exact) mass is 381 g/mol. The van der Waals surface area contributed by atoms with Crippen LogP contribution in [0, 0.1) is 6.92 Å². The molecule has 0 aliphatic heterocycles. The van der Waals surface area contributed by atoms with Gasteiger partial charge in [0.25, 0.3) is 11.5 Å². The van der Waals surface area contributed by atoms with Gasteiger partial charge in [-0.25, -0.2) is 9.78 Å². The van der Waals surface area contributed by atoms with Gasteiger partial charge in [-0.2, -0.15) is 0 Å². The number of benzene rings is 1. The van der Waals surface area contributed by atoms with Crippen LogP contribution < -0.4 is 21.9 Å². The fraction of sp³-hybridized carbons (Fsp3) is 0.211. The average molecular weight is 381 g/mol. The first-order valence-electron chi connectivity index (χ1n) is 8.45. The zero-order valence-electron chi connectivity index (χ0n) is 15.9. The van der Waals surface area contributed by atoms with Gasteiger partial charge in [0.05, 0.1) is 5.39 Å². The quantitative estimate of drug-likeness (QED) is 0.706. The summed E-state index contributed by atoms with van der Waals surface area (Å²) in [6.45, 7) is 3.21. The van der Waals surface area contributed by atoms with Gasteiger partial charge < -0.3 is 10.6 Å². The van der Waals surface area contributed by atoms with Crippen LogP contribution in [0.3, 0.4) is 0 Å². The van der Waals surface area contributed by atoms with Crippen molar-refractivity contribution < 1.29 is 9.59 Å². The number of aryl methyl sites for hydroxylation is 2. The average Bonchev–Trinajstić information content (AvgIpc) is 2.66. The van der Waals surface area contributed by atoms with E-state index in [0.717, 1.165) is 10.1 Å². The Hall–Kier alpha value is -3.75. The smallest absolute Gasteiger partial charge is 0.326 e. The predicted octanol–water partition coefficient (Wildman–Crippen LogP) is 1.15. The van der Waals surface area contributed by atoms with E-state index in [2.05, 4.69) is 15.6 Å². The van der Waals surface area contributed by atoms with E-state index in [9.17, 15) is 19.2 Å². The summed E-state index contributed by atoms with van der Waals surface area (Å²) in [5.41, 5.74) is 1.04. The summed E-state index contributed by atoms with van der Waals surface area (Å²) in [5, 5.41) is 5.64. The number of nitrogens with one attached hydrogen (secondary N) is 2. The first kappa shape index (κ1) is 19.0. The highest BCUT2D eigenvalue weighted by Gasteiger charge is 2.15. The summed E-state index contributed by atoms with van der Waals surface area (Å²) < 4.78 is 2.21. The molecular weight excluding hydrogens is 362 g/mol. The number of aromatic nitrogens is 3. The van der Waals surface area contributed by atoms with Gasteiger partial charge in [-0.1, -0.05) is 6.07 Å². The van der Waals surface area contributed by atoms with Crippen molar-refractivity contribution in [2.75, 3.05) is 10.6 Å². The molecule has 9 nitrogen and oxygen atoms in total. The minimum absolute atomic E-state index is 0.0556. The van der Waals surface area contributed by atoms with Crippen LogP contribution in [-0.2, 0) is 18.9 Å². The number of carbonyl (C=O) groups is 2. The molecule has 0 saturated heterocycles. The van der Waals surface area contributed by atoms with E-state index in [0.29, 0.717) is 11.4 Å². The second-order valence-corrected chi connectivity index (χ2v) is 6.44. The van der Waals surface area contributed by atoms with E-state index in [-0.39, 0.29) is 22.6 Å². The molecule has 2 heterocycles. The van der Waals surface area contributed by atoms with Gasteiger partial charge in [-0.15, -0.1) is 0 Å². The second kappa shape index (κ2) is 7.10. The largest absolute Gasteiger partial charge is 0.332 e. The number of nitrogens with zero attached hydrogens (tertiary/aromatic N) is 3. The highest BCUT2D eigenvalue weighted by atomic mass is 16.2. The standard InChI is InChI=1S/C19H19N5O4/c1-10-5-6-12(20-11(2)25)9-15(10)22-17(26)14-8-7-13-16(21-14)23(3)19(28)24(4)18(13)27/h5-9H,1-4H3,(H,20,25)(H,22,26). The van der Waals surface area contributed by atoms with Crippen molar-refractivity contribution >= 4 is 34.2 Å². The molecule has 144 valence electrons. The molecule has 2 aromatic heterocycles. The third kappa shape index (κ3) is 3.41. The lowest BCUT2D eigenvalue weighted by atomic mass is 10.1. The van der Waals surface area contributed by atoms with E-state index >= 15 is 0 Å². The van der Waals surface area contributed by atoms with Crippen molar-refractivity contribution in [1.82, 2.24) is 14.1 Å². The van der Waals surface area contributed by atoms with Crippen molar-refractivity contribution in [2.24, 2.45) is 14.1 Å². The van der Waals surface area contributed by atoms with Gasteiger partial charge in [0.15, 0.2) is 0 Å². The zero-order chi connectivity index (χ0) is 20.6. The molecule has 0 radical (unpaired) electrons. The number of hydrogen-bond acceptors (Lipinski definition) is 5. The Kier molecular flexibility index (Phi) is 4.83. The van der Waals surface area contributed by atoms with Gasteiger partial charge in [-0.05, 0) is 36.8 Å². The van der Waals surface area contributed by atoms with E-state index in [1.165, 1.54) is 37.7 Å². The van der Waals surface area contributed by atoms with E-state index < -0.39 is 17.2 Å². The normalized spacial score (nSPS) is 10.7. The Balaban J connectivity index is 2.00. The molecule has 2 amide bonds. The Bertz CT molecular complexity index is 1240. The van der Waals surface area contributed by atoms with Crippen LogP contribution in [0.1, 0.15) is 23.0 Å². The molecule has 0 bridgehead atoms. The Morgan fingerprint density at radius 1 is 1.00 bits per heavy atom. The molecule has 28 heavy (non-hydrogen) atoms. The number of carbonyl (C=O) groups excluding carboxylic acids is 2. The summed E-state index contributed by atoms with van der Waals surface area (Å²) in [6, 6.07) is 8.03. The number of anilines is 2. The lowest BCUT2D eigenvalue weighted by Gasteiger charge is -2.12. The number of pyridine rings is 1. The Morgan fingerprint density at radius 2 is 1.71 bits per heavy atom. The molecule has 0 fully saturated rings. The highest BCUT2D eigenvalue weighted by molar-refractivity contribution is 6.04. The van der Waals surface area contributed by atoms with Crippen molar-refractivity contribution in [2.45, 2.75) is 13.8 Å². The minimum Gasteiger partial charge on any atom is -0.326 e. The molecule has 2 N–H and O–H groups in total. The minimum atomic E-state index is -0.526. The maximum atomic E-state index is 12.7. The fourth-order valence-corrected chi connectivity index (χ4v) is 2.80. The van der Waals surface area contributed by atoms with Gasteiger partial charge in [-0.3, -0.25) is 23.5 Å². The van der Waals surface area contributed by atoms with Crippen molar-refractivity contribution in [3.63, 3.8) is 0 Å². The molecule has 0 atom stereocenters. The molecule has 0 spiro atoms. The van der Waals surface area contributed by atoms with Crippen molar-refractivity contribution in [3.05, 3.63) is 62.4 Å². The van der Waals surface area contributed by atoms with E-state index in [4.69, 9.17) is 0 Å². The molecule has 1 aromatic carbocycles. The summed E-state index contributed by atoms with van der Waals surface area (Å²) in [7, 11) is 2.87. The third-order valence-corrected chi connectivity index (χ3v) is 4.34. The zero-order valence-corrected chi connectivity index (χ0v) is 15.9. The predicted molar refractivity (Wildman–Crippen MR) is 106 cm³/mol. The van der Waals surface area contributed by atoms with E-state index in [1.54, 1.807) is 18.2 Å². The molecule has 3 aromatic rings. The molecule has 0 unspecified atom stereocenters. The maximum absolute atomic E-state index is 12.7. The molecule has 3 rings (SSSR count). The van der Waals surface area contributed by atoms with Crippen molar-refractivity contribution in [3.8, 4) is 0 Å². The SMILES string of the molecule is CC(=O)Nc1ccc(C)c(NC(=O)c2ccc3c(=O)n(C)c(=O)n(C)c3n2)c1. The van der Waals surface area contributed by atoms with Gasteiger partial charge >= 0.3 is 5.69 Å². The maximum Gasteiger partial charge on any atom is 0.332 e. The lowest BCUT2D eigenvalue weighted by molar-refractivity contribution is -0.114. The van der Waals surface area contributed by atoms with Crippen LogP contribution in [0.4, 0.5) is 11.4 Å². The van der Waals surface area contributed by atoms with Crippen LogP contribution in [0.2, 0.25) is 0 Å². The summed E-state index contributed by atoms with van der Waals surface area (Å²) in [4.78, 5) is 52.4. The van der Waals surface area contributed by atoms with E-state index in [1.807, 2.05) is 6.92 Å². The van der Waals surface area contributed by atoms with Crippen LogP contribution in [0.25, 0.3) is 11.0 Å². The van der Waals surface area contributed by atoms with Crippen LogP contribution in [0.5, 0.6) is 0 Å². The molecule has 0 aliphatic rings. The summed E-state index contributed by atoms with van der Waals surface area (Å²) in [5.74, 6) is -0.724. The second-order valence-electron chi connectivity index (χ2n) is 6.44. The number of rotatable bonds is 3. The highest BCUT2D eigenvalue weighted by Crippen LogP contribution is 2.21. The molecule has 0 aliphatic carbocycles. The number of hydrogen-bond donors (Lipinski definition) is 2. The third-order valence-electron chi connectivity index (χ3n) is 4.34. The van der Waals surface area contributed by atoms with Gasteiger partial charge in [0, 0.05) is 32.4 Å². The first-order valence-corrected chi connectivity index (χ1v) is 8.45. The van der Waals surface area contributed by atoms with Gasteiger partial charge in [0.1, 0.15) is 11.3 Å². The molecule has 9 heteroatoms. The van der Waals surface area contributed by atoms with Crippen LogP contribution in [-0.4, -0.2) is 25.9 Å². The number of amides is 2. The van der Waals surface area contributed by atoms with Crippen molar-refractivity contribution in [1.29, 1.82) is 0 Å². The van der Waals surface area contributed by atoms with Crippen LogP contribution in [0.15, 0.2) is 39.9 Å². The summed E-state index contributed by atoms with van der Waals surface area (Å²) in [6.07, 6.45) is 0. The Labute approximate surface area is 159 Å². The van der Waals surface area contributed by atoms with Gasteiger partial charge in [0.2, 0.25) is 5.91 Å². The van der Waals surface area contributed by atoms with Crippen LogP contribution >= 0.6 is 0 Å².